The third-order valence-corrected chi connectivity index (χ3v) is 5.03. The van der Waals surface area contributed by atoms with Gasteiger partial charge in [0.05, 0.1) is 23.1 Å². The first-order valence-corrected chi connectivity index (χ1v) is 8.17. The summed E-state index contributed by atoms with van der Waals surface area (Å²) in [5, 5.41) is 17.9. The Morgan fingerprint density at radius 1 is 1.05 bits per heavy atom. The fourth-order valence-corrected chi connectivity index (χ4v) is 3.45. The van der Waals surface area contributed by atoms with Crippen molar-refractivity contribution in [2.45, 2.75) is 11.4 Å². The molecular weight excluding hydrogens is 300 g/mol. The van der Waals surface area contributed by atoms with Crippen molar-refractivity contribution >= 4 is 10.0 Å². The molecule has 0 aliphatic carbocycles. The van der Waals surface area contributed by atoms with Gasteiger partial charge in [-0.2, -0.15) is 9.57 Å². The van der Waals surface area contributed by atoms with E-state index in [1.807, 2.05) is 36.4 Å². The van der Waals surface area contributed by atoms with Gasteiger partial charge in [-0.15, -0.1) is 0 Å². The summed E-state index contributed by atoms with van der Waals surface area (Å²) < 4.78 is 26.5. The van der Waals surface area contributed by atoms with Gasteiger partial charge in [0.2, 0.25) is 10.0 Å². The highest BCUT2D eigenvalue weighted by Crippen LogP contribution is 2.18. The predicted molar refractivity (Wildman–Crippen MR) is 82.3 cm³/mol. The summed E-state index contributed by atoms with van der Waals surface area (Å²) in [7, 11) is -3.72. The minimum absolute atomic E-state index is 0.0111. The second kappa shape index (κ2) is 7.18. The number of aliphatic hydroxyl groups is 1. The summed E-state index contributed by atoms with van der Waals surface area (Å²) in [6.45, 7) is -0.0662. The molecule has 0 spiro atoms. The van der Waals surface area contributed by atoms with Gasteiger partial charge in [0.25, 0.3) is 0 Å². The van der Waals surface area contributed by atoms with E-state index in [9.17, 15) is 8.42 Å². The van der Waals surface area contributed by atoms with Crippen molar-refractivity contribution in [1.82, 2.24) is 4.31 Å². The average molecular weight is 316 g/mol. The maximum atomic E-state index is 12.7. The van der Waals surface area contributed by atoms with Crippen LogP contribution in [0.3, 0.4) is 0 Å². The number of benzene rings is 2. The first-order valence-electron chi connectivity index (χ1n) is 6.73. The lowest BCUT2D eigenvalue weighted by Gasteiger charge is -2.21. The third-order valence-electron chi connectivity index (χ3n) is 3.17. The van der Waals surface area contributed by atoms with Gasteiger partial charge in [0.1, 0.15) is 0 Å². The Hall–Kier alpha value is -2.20. The van der Waals surface area contributed by atoms with Crippen molar-refractivity contribution in [2.24, 2.45) is 0 Å². The van der Waals surface area contributed by atoms with Gasteiger partial charge in [-0.3, -0.25) is 0 Å². The molecule has 0 aliphatic heterocycles. The molecular formula is C16H16N2O3S. The van der Waals surface area contributed by atoms with Crippen LogP contribution in [0.5, 0.6) is 0 Å². The van der Waals surface area contributed by atoms with E-state index in [1.54, 1.807) is 0 Å². The van der Waals surface area contributed by atoms with E-state index in [-0.39, 0.29) is 24.6 Å². The Bertz CT molecular complexity index is 750. The second-order valence-electron chi connectivity index (χ2n) is 4.68. The standard InChI is InChI=1S/C16H16N2O3S/c17-12-14-6-8-16(9-7-14)22(20,21)18(10-11-19)13-15-4-2-1-3-5-15/h1-9,19H,10-11,13H2. The Morgan fingerprint density at radius 2 is 1.68 bits per heavy atom. The summed E-state index contributed by atoms with van der Waals surface area (Å²) >= 11 is 0. The monoisotopic (exact) mass is 316 g/mol. The lowest BCUT2D eigenvalue weighted by Crippen LogP contribution is -2.33. The quantitative estimate of drug-likeness (QED) is 0.880. The van der Waals surface area contributed by atoms with Gasteiger partial charge in [0, 0.05) is 13.1 Å². The molecule has 0 atom stereocenters. The van der Waals surface area contributed by atoms with Crippen molar-refractivity contribution in [2.75, 3.05) is 13.2 Å². The minimum atomic E-state index is -3.72. The largest absolute Gasteiger partial charge is 0.395 e. The summed E-state index contributed by atoms with van der Waals surface area (Å²) in [5.74, 6) is 0. The first-order chi connectivity index (χ1) is 10.6. The number of hydrogen-bond donors (Lipinski definition) is 1. The number of hydrogen-bond acceptors (Lipinski definition) is 4. The number of sulfonamides is 1. The van der Waals surface area contributed by atoms with E-state index in [4.69, 9.17) is 10.4 Å². The van der Waals surface area contributed by atoms with Crippen molar-refractivity contribution < 1.29 is 13.5 Å². The topological polar surface area (TPSA) is 81.4 Å². The van der Waals surface area contributed by atoms with Crippen LogP contribution in [0, 0.1) is 11.3 Å². The molecule has 0 bridgehead atoms. The molecule has 0 unspecified atom stereocenters. The zero-order valence-electron chi connectivity index (χ0n) is 11.9. The molecule has 0 saturated carbocycles. The van der Waals surface area contributed by atoms with Crippen LogP contribution in [0.2, 0.25) is 0 Å². The van der Waals surface area contributed by atoms with Crippen LogP contribution in [0.4, 0.5) is 0 Å². The van der Waals surface area contributed by atoms with Crippen LogP contribution in [-0.2, 0) is 16.6 Å². The summed E-state index contributed by atoms with van der Waals surface area (Å²) in [6.07, 6.45) is 0. The molecule has 5 nitrogen and oxygen atoms in total. The maximum Gasteiger partial charge on any atom is 0.243 e. The van der Waals surface area contributed by atoms with Gasteiger partial charge in [0.15, 0.2) is 0 Å². The molecule has 0 heterocycles. The van der Waals surface area contributed by atoms with E-state index in [0.29, 0.717) is 5.56 Å². The molecule has 1 N–H and O–H groups in total. The zero-order valence-corrected chi connectivity index (χ0v) is 12.7. The molecule has 22 heavy (non-hydrogen) atoms. The smallest absolute Gasteiger partial charge is 0.243 e. The number of nitrogens with zero attached hydrogens (tertiary/aromatic N) is 2. The van der Waals surface area contributed by atoms with Crippen LogP contribution in [0.15, 0.2) is 59.5 Å². The predicted octanol–water partition coefficient (Wildman–Crippen LogP) is 1.74. The fourth-order valence-electron chi connectivity index (χ4n) is 2.03. The van der Waals surface area contributed by atoms with Crippen LogP contribution < -0.4 is 0 Å². The second-order valence-corrected chi connectivity index (χ2v) is 6.62. The molecule has 0 radical (unpaired) electrons. The Labute approximate surface area is 130 Å². The van der Waals surface area contributed by atoms with Gasteiger partial charge in [-0.1, -0.05) is 30.3 Å². The lowest BCUT2D eigenvalue weighted by molar-refractivity contribution is 0.251. The molecule has 2 aromatic carbocycles. The Balaban J connectivity index is 2.31. The van der Waals surface area contributed by atoms with Crippen LogP contribution in [0.1, 0.15) is 11.1 Å². The van der Waals surface area contributed by atoms with Gasteiger partial charge in [-0.05, 0) is 29.8 Å². The van der Waals surface area contributed by atoms with E-state index < -0.39 is 10.0 Å². The van der Waals surface area contributed by atoms with E-state index in [0.717, 1.165) is 5.56 Å². The molecule has 0 amide bonds. The average Bonchev–Trinajstić information content (AvgIpc) is 2.55. The Kier molecular flexibility index (Phi) is 5.28. The molecule has 114 valence electrons. The van der Waals surface area contributed by atoms with Crippen molar-refractivity contribution in [1.29, 1.82) is 5.26 Å². The van der Waals surface area contributed by atoms with Crippen LogP contribution in [0.25, 0.3) is 0 Å². The number of aliphatic hydroxyl groups excluding tert-OH is 1. The van der Waals surface area contributed by atoms with Crippen LogP contribution >= 0.6 is 0 Å². The Morgan fingerprint density at radius 3 is 2.23 bits per heavy atom. The highest BCUT2D eigenvalue weighted by Gasteiger charge is 2.24. The molecule has 2 rings (SSSR count). The first kappa shape index (κ1) is 16.2. The third kappa shape index (κ3) is 3.71. The maximum absolute atomic E-state index is 12.7. The minimum Gasteiger partial charge on any atom is -0.395 e. The van der Waals surface area contributed by atoms with Crippen molar-refractivity contribution in [3.63, 3.8) is 0 Å². The highest BCUT2D eigenvalue weighted by atomic mass is 32.2. The molecule has 0 aliphatic rings. The van der Waals surface area contributed by atoms with Gasteiger partial charge < -0.3 is 5.11 Å². The van der Waals surface area contributed by atoms with Crippen molar-refractivity contribution in [3.05, 3.63) is 65.7 Å². The van der Waals surface area contributed by atoms with Gasteiger partial charge >= 0.3 is 0 Å². The van der Waals surface area contributed by atoms with E-state index in [2.05, 4.69) is 0 Å². The summed E-state index contributed by atoms with van der Waals surface area (Å²) in [5.41, 5.74) is 1.24. The number of nitriles is 1. The lowest BCUT2D eigenvalue weighted by atomic mass is 10.2. The summed E-state index contributed by atoms with van der Waals surface area (Å²) in [6, 6.07) is 16.9. The van der Waals surface area contributed by atoms with Crippen molar-refractivity contribution in [3.8, 4) is 6.07 Å². The SMILES string of the molecule is N#Cc1ccc(S(=O)(=O)N(CCO)Cc2ccccc2)cc1. The molecule has 0 fully saturated rings. The van der Waals surface area contributed by atoms with E-state index >= 15 is 0 Å². The molecule has 0 aromatic heterocycles. The number of rotatable bonds is 6. The normalized spacial score (nSPS) is 11.3. The molecule has 0 saturated heterocycles. The van der Waals surface area contributed by atoms with E-state index in [1.165, 1.54) is 28.6 Å². The van der Waals surface area contributed by atoms with Gasteiger partial charge in [-0.25, -0.2) is 8.42 Å². The summed E-state index contributed by atoms with van der Waals surface area (Å²) in [4.78, 5) is 0.107. The fraction of sp³-hybridized carbons (Fsp3) is 0.188. The molecule has 2 aromatic rings. The highest BCUT2D eigenvalue weighted by molar-refractivity contribution is 7.89. The molecule has 6 heteroatoms. The zero-order chi connectivity index (χ0) is 16.0. The van der Waals surface area contributed by atoms with Crippen LogP contribution in [-0.4, -0.2) is 31.0 Å².